The van der Waals surface area contributed by atoms with Gasteiger partial charge in [0.25, 0.3) is 0 Å². The molecule has 0 aromatic carbocycles. The molecule has 5 heteroatoms. The van der Waals surface area contributed by atoms with Gasteiger partial charge in [0.05, 0.1) is 12.6 Å². The van der Waals surface area contributed by atoms with Gasteiger partial charge in [0.2, 0.25) is 0 Å². The van der Waals surface area contributed by atoms with E-state index in [0.29, 0.717) is 12.1 Å². The lowest BCUT2D eigenvalue weighted by atomic mass is 9.79. The predicted octanol–water partition coefficient (Wildman–Crippen LogP) is 1.74. The van der Waals surface area contributed by atoms with E-state index in [0.717, 1.165) is 37.3 Å². The lowest BCUT2D eigenvalue weighted by Gasteiger charge is -2.42. The number of hydrogen-bond acceptors (Lipinski definition) is 4. The van der Waals surface area contributed by atoms with Crippen LogP contribution in [0.5, 0.6) is 0 Å². The first kappa shape index (κ1) is 14.5. The Hall–Kier alpha value is -0.940. The molecule has 0 spiro atoms. The van der Waals surface area contributed by atoms with E-state index in [-0.39, 0.29) is 12.1 Å². The molecule has 0 aliphatic heterocycles. The minimum atomic E-state index is -0.163. The molecule has 19 heavy (non-hydrogen) atoms. The molecule has 1 fully saturated rings. The second-order valence-electron chi connectivity index (χ2n) is 6.14. The molecule has 1 aromatic rings. The van der Waals surface area contributed by atoms with Crippen molar-refractivity contribution < 1.29 is 5.11 Å². The van der Waals surface area contributed by atoms with Crippen molar-refractivity contribution in [1.29, 1.82) is 0 Å². The second-order valence-corrected chi connectivity index (χ2v) is 6.14. The van der Waals surface area contributed by atoms with Crippen molar-refractivity contribution >= 4 is 0 Å². The molecule has 1 aliphatic carbocycles. The zero-order valence-electron chi connectivity index (χ0n) is 12.5. The van der Waals surface area contributed by atoms with E-state index in [1.54, 1.807) is 0 Å². The minimum absolute atomic E-state index is 0.163. The highest BCUT2D eigenvalue weighted by Gasteiger charge is 2.37. The first-order chi connectivity index (χ1) is 8.96. The average molecular weight is 266 g/mol. The maximum Gasteiger partial charge on any atom is 0.147 e. The van der Waals surface area contributed by atoms with Gasteiger partial charge in [0.1, 0.15) is 11.6 Å². The number of aliphatic hydroxyl groups is 1. The SMILES string of the molecule is Cc1nc(C)n(C2CCCC(CO)(NC(C)C)C2)n1. The van der Waals surface area contributed by atoms with Gasteiger partial charge in [-0.15, -0.1) is 0 Å². The molecule has 1 saturated carbocycles. The standard InChI is InChI=1S/C14H26N4O/c1-10(2)16-14(9-19)7-5-6-13(8-14)18-12(4)15-11(3)17-18/h10,13,16,19H,5-9H2,1-4H3. The molecule has 2 N–H and O–H groups in total. The Morgan fingerprint density at radius 3 is 2.74 bits per heavy atom. The third-order valence-electron chi connectivity index (χ3n) is 3.97. The zero-order chi connectivity index (χ0) is 14.0. The first-order valence-electron chi connectivity index (χ1n) is 7.24. The molecule has 1 aromatic heterocycles. The number of nitrogens with zero attached hydrogens (tertiary/aromatic N) is 3. The molecule has 2 atom stereocenters. The van der Waals surface area contributed by atoms with E-state index in [1.807, 2.05) is 18.5 Å². The van der Waals surface area contributed by atoms with Crippen LogP contribution in [0.1, 0.15) is 57.2 Å². The van der Waals surface area contributed by atoms with Crippen molar-refractivity contribution in [2.45, 2.75) is 71.0 Å². The average Bonchev–Trinajstić information content (AvgIpc) is 2.68. The Balaban J connectivity index is 2.18. The fourth-order valence-electron chi connectivity index (χ4n) is 3.35. The normalized spacial score (nSPS) is 28.0. The quantitative estimate of drug-likeness (QED) is 0.871. The summed E-state index contributed by atoms with van der Waals surface area (Å²) in [6.07, 6.45) is 4.19. The topological polar surface area (TPSA) is 63.0 Å². The molecule has 0 radical (unpaired) electrons. The van der Waals surface area contributed by atoms with Gasteiger partial charge in [-0.1, -0.05) is 13.8 Å². The van der Waals surface area contributed by atoms with Gasteiger partial charge in [0.15, 0.2) is 0 Å². The summed E-state index contributed by atoms with van der Waals surface area (Å²) in [6.45, 7) is 8.38. The summed E-state index contributed by atoms with van der Waals surface area (Å²) in [5.74, 6) is 1.80. The van der Waals surface area contributed by atoms with E-state index in [1.165, 1.54) is 0 Å². The molecule has 5 nitrogen and oxygen atoms in total. The van der Waals surface area contributed by atoms with Crippen molar-refractivity contribution in [3.05, 3.63) is 11.6 Å². The van der Waals surface area contributed by atoms with E-state index in [2.05, 4.69) is 29.2 Å². The summed E-state index contributed by atoms with van der Waals surface area (Å²) in [6, 6.07) is 0.720. The summed E-state index contributed by atoms with van der Waals surface area (Å²) in [5, 5.41) is 17.9. The summed E-state index contributed by atoms with van der Waals surface area (Å²) < 4.78 is 2.04. The predicted molar refractivity (Wildman–Crippen MR) is 75.1 cm³/mol. The van der Waals surface area contributed by atoms with Crippen molar-refractivity contribution in [3.8, 4) is 0 Å². The lowest BCUT2D eigenvalue weighted by molar-refractivity contribution is 0.0866. The Morgan fingerprint density at radius 1 is 1.47 bits per heavy atom. The van der Waals surface area contributed by atoms with Crippen LogP contribution < -0.4 is 5.32 Å². The number of aryl methyl sites for hydroxylation is 2. The molecule has 108 valence electrons. The minimum Gasteiger partial charge on any atom is -0.394 e. The highest BCUT2D eigenvalue weighted by Crippen LogP contribution is 2.35. The molecule has 1 aliphatic rings. The molecule has 2 unspecified atom stereocenters. The fourth-order valence-corrected chi connectivity index (χ4v) is 3.35. The largest absolute Gasteiger partial charge is 0.394 e. The third kappa shape index (κ3) is 3.15. The third-order valence-corrected chi connectivity index (χ3v) is 3.97. The van der Waals surface area contributed by atoms with Crippen LogP contribution in [0.2, 0.25) is 0 Å². The molecule has 0 bridgehead atoms. The Morgan fingerprint density at radius 2 is 2.21 bits per heavy atom. The van der Waals surface area contributed by atoms with Crippen molar-refractivity contribution in [2.75, 3.05) is 6.61 Å². The van der Waals surface area contributed by atoms with Crippen molar-refractivity contribution in [2.24, 2.45) is 0 Å². The van der Waals surface area contributed by atoms with Gasteiger partial charge in [-0.25, -0.2) is 9.67 Å². The molecular formula is C14H26N4O. The Bertz CT molecular complexity index is 429. The summed E-state index contributed by atoms with van der Waals surface area (Å²) >= 11 is 0. The van der Waals surface area contributed by atoms with Crippen LogP contribution in [0, 0.1) is 13.8 Å². The van der Waals surface area contributed by atoms with Gasteiger partial charge >= 0.3 is 0 Å². The van der Waals surface area contributed by atoms with E-state index in [4.69, 9.17) is 0 Å². The maximum absolute atomic E-state index is 9.82. The Labute approximate surface area is 115 Å². The summed E-state index contributed by atoms with van der Waals surface area (Å²) in [7, 11) is 0. The van der Waals surface area contributed by atoms with Crippen LogP contribution in [0.3, 0.4) is 0 Å². The fraction of sp³-hybridized carbons (Fsp3) is 0.857. The van der Waals surface area contributed by atoms with Gasteiger partial charge in [-0.05, 0) is 39.5 Å². The smallest absolute Gasteiger partial charge is 0.147 e. The van der Waals surface area contributed by atoms with Crippen LogP contribution in [0.15, 0.2) is 0 Å². The Kier molecular flexibility index (Phi) is 4.26. The van der Waals surface area contributed by atoms with Crippen LogP contribution >= 0.6 is 0 Å². The number of aliphatic hydroxyl groups excluding tert-OH is 1. The molecule has 2 rings (SSSR count). The molecule has 0 amide bonds. The van der Waals surface area contributed by atoms with E-state index >= 15 is 0 Å². The monoisotopic (exact) mass is 266 g/mol. The van der Waals surface area contributed by atoms with E-state index in [9.17, 15) is 5.11 Å². The number of hydrogen-bond donors (Lipinski definition) is 2. The van der Waals surface area contributed by atoms with Gasteiger partial charge < -0.3 is 10.4 Å². The molecule has 0 saturated heterocycles. The van der Waals surface area contributed by atoms with Crippen LogP contribution in [-0.4, -0.2) is 38.1 Å². The van der Waals surface area contributed by atoms with Gasteiger partial charge in [-0.3, -0.25) is 0 Å². The first-order valence-corrected chi connectivity index (χ1v) is 7.24. The number of aromatic nitrogens is 3. The van der Waals surface area contributed by atoms with Crippen molar-refractivity contribution in [1.82, 2.24) is 20.1 Å². The van der Waals surface area contributed by atoms with Crippen LogP contribution in [0.25, 0.3) is 0 Å². The van der Waals surface area contributed by atoms with Crippen LogP contribution in [-0.2, 0) is 0 Å². The van der Waals surface area contributed by atoms with Gasteiger partial charge in [0, 0.05) is 11.6 Å². The zero-order valence-corrected chi connectivity index (χ0v) is 12.5. The molecule has 1 heterocycles. The van der Waals surface area contributed by atoms with Gasteiger partial charge in [-0.2, -0.15) is 5.10 Å². The van der Waals surface area contributed by atoms with Crippen molar-refractivity contribution in [3.63, 3.8) is 0 Å². The highest BCUT2D eigenvalue weighted by atomic mass is 16.3. The number of rotatable bonds is 4. The number of nitrogens with one attached hydrogen (secondary N) is 1. The lowest BCUT2D eigenvalue weighted by Crippen LogP contribution is -2.54. The summed E-state index contributed by atoms with van der Waals surface area (Å²) in [5.41, 5.74) is -0.163. The highest BCUT2D eigenvalue weighted by molar-refractivity contribution is 4.99. The van der Waals surface area contributed by atoms with E-state index < -0.39 is 0 Å². The maximum atomic E-state index is 9.82. The molecular weight excluding hydrogens is 240 g/mol. The van der Waals surface area contributed by atoms with Crippen LogP contribution in [0.4, 0.5) is 0 Å². The summed E-state index contributed by atoms with van der Waals surface area (Å²) in [4.78, 5) is 4.39. The second kappa shape index (κ2) is 5.59.